The average Bonchev–Trinajstić information content (AvgIpc) is 3.31. The molecule has 2 heterocycles. The fourth-order valence-corrected chi connectivity index (χ4v) is 8.10. The van der Waals surface area contributed by atoms with Gasteiger partial charge in [-0.2, -0.15) is 0 Å². The van der Waals surface area contributed by atoms with Gasteiger partial charge in [-0.3, -0.25) is 0 Å². The largest absolute Gasteiger partial charge is 0.485 e. The highest BCUT2D eigenvalue weighted by molar-refractivity contribution is 5.95. The summed E-state index contributed by atoms with van der Waals surface area (Å²) in [6.45, 7) is 4.57. The lowest BCUT2D eigenvalue weighted by molar-refractivity contribution is 0.149. The third-order valence-corrected chi connectivity index (χ3v) is 10.1. The van der Waals surface area contributed by atoms with E-state index in [-0.39, 0.29) is 29.3 Å². The Balaban J connectivity index is 1.38. The topological polar surface area (TPSA) is 22.1 Å². The number of terminal acetylenes is 1. The first-order valence-electron chi connectivity index (χ1n) is 15.5. The Labute approximate surface area is 259 Å². The van der Waals surface area contributed by atoms with E-state index in [1.807, 2.05) is 12.1 Å². The molecule has 0 amide bonds. The summed E-state index contributed by atoms with van der Waals surface area (Å²) in [6, 6.07) is 27.9. The van der Waals surface area contributed by atoms with Crippen LogP contribution in [0.15, 0.2) is 150 Å². The predicted octanol–water partition coefficient (Wildman–Crippen LogP) is 9.58. The van der Waals surface area contributed by atoms with Crippen molar-refractivity contribution < 1.29 is 4.74 Å². The summed E-state index contributed by atoms with van der Waals surface area (Å²) in [5.74, 6) is 4.40. The third kappa shape index (κ3) is 3.79. The molecule has 2 heteroatoms. The van der Waals surface area contributed by atoms with Gasteiger partial charge in [-0.1, -0.05) is 128 Å². The molecule has 5 unspecified atom stereocenters. The Kier molecular flexibility index (Phi) is 6.17. The van der Waals surface area contributed by atoms with E-state index in [1.165, 1.54) is 22.3 Å². The normalized spacial score (nSPS) is 26.3. The van der Waals surface area contributed by atoms with Gasteiger partial charge in [-0.25, -0.2) is 4.98 Å². The molecule has 0 bridgehead atoms. The summed E-state index contributed by atoms with van der Waals surface area (Å²) in [7, 11) is 0. The van der Waals surface area contributed by atoms with Crippen molar-refractivity contribution in [1.29, 1.82) is 0 Å². The molecular formula is C42H33NO. The minimum atomic E-state index is -0.360. The van der Waals surface area contributed by atoms with Gasteiger partial charge in [0.2, 0.25) is 0 Å². The van der Waals surface area contributed by atoms with E-state index in [1.54, 1.807) is 0 Å². The molecule has 0 saturated heterocycles. The quantitative estimate of drug-likeness (QED) is 0.230. The van der Waals surface area contributed by atoms with Crippen LogP contribution in [-0.4, -0.2) is 11.1 Å². The van der Waals surface area contributed by atoms with Crippen molar-refractivity contribution in [3.63, 3.8) is 0 Å². The molecule has 5 atom stereocenters. The Morgan fingerprint density at radius 1 is 0.886 bits per heavy atom. The lowest BCUT2D eigenvalue weighted by Gasteiger charge is -2.49. The lowest BCUT2D eigenvalue weighted by atomic mass is 9.58. The molecule has 0 fully saturated rings. The van der Waals surface area contributed by atoms with Crippen LogP contribution in [-0.2, 0) is 5.41 Å². The molecule has 0 saturated carbocycles. The van der Waals surface area contributed by atoms with Crippen molar-refractivity contribution in [1.82, 2.24) is 4.98 Å². The number of hydrogen-bond acceptors (Lipinski definition) is 2. The highest BCUT2D eigenvalue weighted by Gasteiger charge is 2.58. The SMILES string of the molecule is C#C/C=C\C1=C(C)C2(C3=CC=CC(C)C3Oc3ccc(-c4cccc5ccc(-c6ccccc6)nc45)cc32)C2C=CC=CC12. The van der Waals surface area contributed by atoms with Crippen LogP contribution in [0.1, 0.15) is 19.4 Å². The maximum Gasteiger partial charge on any atom is 0.127 e. The van der Waals surface area contributed by atoms with Gasteiger partial charge >= 0.3 is 0 Å². The van der Waals surface area contributed by atoms with Crippen LogP contribution >= 0.6 is 0 Å². The Bertz CT molecular complexity index is 2050. The van der Waals surface area contributed by atoms with Crippen LogP contribution in [0.25, 0.3) is 33.3 Å². The van der Waals surface area contributed by atoms with Gasteiger partial charge in [-0.15, -0.1) is 6.42 Å². The zero-order chi connectivity index (χ0) is 29.8. The highest BCUT2D eigenvalue weighted by atomic mass is 16.5. The number of pyridine rings is 1. The van der Waals surface area contributed by atoms with Crippen molar-refractivity contribution in [2.45, 2.75) is 25.4 Å². The second-order valence-electron chi connectivity index (χ2n) is 12.3. The zero-order valence-electron chi connectivity index (χ0n) is 24.9. The van der Waals surface area contributed by atoms with Gasteiger partial charge in [0.1, 0.15) is 11.9 Å². The van der Waals surface area contributed by atoms with E-state index < -0.39 is 0 Å². The molecule has 212 valence electrons. The number of hydrogen-bond donors (Lipinski definition) is 0. The Hall–Kier alpha value is -5.13. The molecule has 1 aliphatic heterocycles. The fourth-order valence-electron chi connectivity index (χ4n) is 8.10. The van der Waals surface area contributed by atoms with Gasteiger partial charge in [0, 0.05) is 39.8 Å². The molecule has 4 aliphatic rings. The number of fused-ring (bicyclic) bond motifs is 7. The van der Waals surface area contributed by atoms with Gasteiger partial charge < -0.3 is 4.74 Å². The number of allylic oxidation sites excluding steroid dienone is 10. The monoisotopic (exact) mass is 567 g/mol. The Morgan fingerprint density at radius 2 is 1.75 bits per heavy atom. The second kappa shape index (κ2) is 10.2. The molecule has 1 aromatic heterocycles. The van der Waals surface area contributed by atoms with Crippen LogP contribution in [0.3, 0.4) is 0 Å². The van der Waals surface area contributed by atoms with Gasteiger partial charge in [0.15, 0.2) is 0 Å². The van der Waals surface area contributed by atoms with Crippen LogP contribution in [0.4, 0.5) is 0 Å². The second-order valence-corrected chi connectivity index (χ2v) is 12.3. The number of aromatic nitrogens is 1. The first-order valence-corrected chi connectivity index (χ1v) is 15.5. The number of rotatable bonds is 3. The van der Waals surface area contributed by atoms with Crippen molar-refractivity contribution >= 4 is 10.9 Å². The number of nitrogens with zero attached hydrogens (tertiary/aromatic N) is 1. The van der Waals surface area contributed by atoms with Crippen molar-refractivity contribution in [3.05, 3.63) is 156 Å². The standard InChI is InChI=1S/C42H33NO/c1-4-5-17-32-28(3)42(35-20-10-9-18-34(32)35)36-21-11-13-27(2)41(36)44-39-25-23-31(26-37(39)42)33-19-12-16-30-22-24-38(43-40(30)33)29-14-7-6-8-15-29/h1,5-27,34-35,41H,2-3H3/b17-5-. The van der Waals surface area contributed by atoms with E-state index in [2.05, 4.69) is 141 Å². The van der Waals surface area contributed by atoms with Crippen LogP contribution < -0.4 is 4.74 Å². The predicted molar refractivity (Wildman–Crippen MR) is 181 cm³/mol. The summed E-state index contributed by atoms with van der Waals surface area (Å²) in [6.07, 6.45) is 25.6. The Morgan fingerprint density at radius 3 is 2.61 bits per heavy atom. The highest BCUT2D eigenvalue weighted by Crippen LogP contribution is 2.63. The maximum atomic E-state index is 6.88. The molecule has 0 N–H and O–H groups in total. The lowest BCUT2D eigenvalue weighted by Crippen LogP contribution is -2.48. The fraction of sp³-hybridized carbons (Fsp3) is 0.167. The van der Waals surface area contributed by atoms with Crippen LogP contribution in [0.2, 0.25) is 0 Å². The summed E-state index contributed by atoms with van der Waals surface area (Å²) in [4.78, 5) is 5.22. The smallest absolute Gasteiger partial charge is 0.127 e. The van der Waals surface area contributed by atoms with Crippen LogP contribution in [0.5, 0.6) is 5.75 Å². The summed E-state index contributed by atoms with van der Waals surface area (Å²) in [5.41, 5.74) is 10.2. The average molecular weight is 568 g/mol. The molecule has 44 heavy (non-hydrogen) atoms. The molecule has 8 rings (SSSR count). The molecule has 3 aromatic carbocycles. The molecule has 1 spiro atoms. The summed E-state index contributed by atoms with van der Waals surface area (Å²) in [5, 5.41) is 1.12. The van der Waals surface area contributed by atoms with Gasteiger partial charge in [0.25, 0.3) is 0 Å². The van der Waals surface area contributed by atoms with Gasteiger partial charge in [-0.05, 0) is 47.9 Å². The zero-order valence-corrected chi connectivity index (χ0v) is 24.9. The first-order chi connectivity index (χ1) is 21.6. The minimum absolute atomic E-state index is 0.0307. The first kappa shape index (κ1) is 26.5. The maximum absolute atomic E-state index is 6.88. The van der Waals surface area contributed by atoms with E-state index >= 15 is 0 Å². The molecular weight excluding hydrogens is 534 g/mol. The van der Waals surface area contributed by atoms with Gasteiger partial charge in [0.05, 0.1) is 16.6 Å². The summed E-state index contributed by atoms with van der Waals surface area (Å²) >= 11 is 0. The van der Waals surface area contributed by atoms with E-state index in [4.69, 9.17) is 16.1 Å². The molecule has 3 aliphatic carbocycles. The van der Waals surface area contributed by atoms with Crippen molar-refractivity contribution in [2.75, 3.05) is 0 Å². The van der Waals surface area contributed by atoms with E-state index in [0.29, 0.717) is 0 Å². The number of benzene rings is 3. The summed E-state index contributed by atoms with van der Waals surface area (Å²) < 4.78 is 6.88. The van der Waals surface area contributed by atoms with E-state index in [0.717, 1.165) is 39.0 Å². The molecule has 4 aromatic rings. The minimum Gasteiger partial charge on any atom is -0.485 e. The molecule has 2 nitrogen and oxygen atoms in total. The number of para-hydroxylation sites is 1. The molecule has 0 radical (unpaired) electrons. The van der Waals surface area contributed by atoms with Crippen LogP contribution in [0, 0.1) is 30.1 Å². The van der Waals surface area contributed by atoms with E-state index in [9.17, 15) is 0 Å². The van der Waals surface area contributed by atoms with Crippen molar-refractivity contribution in [2.24, 2.45) is 17.8 Å². The third-order valence-electron chi connectivity index (χ3n) is 10.1. The number of ether oxygens (including phenoxy) is 1. The van der Waals surface area contributed by atoms with Crippen molar-refractivity contribution in [3.8, 4) is 40.5 Å².